The van der Waals surface area contributed by atoms with Crippen molar-refractivity contribution in [1.82, 2.24) is 24.5 Å². The van der Waals surface area contributed by atoms with Crippen molar-refractivity contribution >= 4 is 40.4 Å². The molecule has 1 saturated heterocycles. The summed E-state index contributed by atoms with van der Waals surface area (Å²) in [5, 5.41) is 12.1. The van der Waals surface area contributed by atoms with Crippen LogP contribution in [0.25, 0.3) is 5.65 Å². The van der Waals surface area contributed by atoms with E-state index in [-0.39, 0.29) is 0 Å². The van der Waals surface area contributed by atoms with E-state index in [4.69, 9.17) is 28.1 Å². The number of aromatic nitrogens is 4. The van der Waals surface area contributed by atoms with Crippen LogP contribution in [0.1, 0.15) is 31.0 Å². The van der Waals surface area contributed by atoms with Gasteiger partial charge in [-0.05, 0) is 44.5 Å². The topological polar surface area (TPSA) is 126 Å². The molecule has 5 rings (SSSR count). The molecule has 2 fully saturated rings. The molecule has 3 aromatic rings. The number of piperazine rings is 1. The Morgan fingerprint density at radius 3 is 2.70 bits per heavy atom. The molecule has 10 nitrogen and oxygen atoms in total. The number of halogens is 1. The second-order valence-electron chi connectivity index (χ2n) is 8.97. The fourth-order valence-electron chi connectivity index (χ4n) is 4.13. The van der Waals surface area contributed by atoms with Crippen LogP contribution in [0.2, 0.25) is 5.02 Å². The molecule has 1 unspecified atom stereocenters. The Balaban J connectivity index is 1.52. The van der Waals surface area contributed by atoms with Crippen molar-refractivity contribution in [3.8, 4) is 0 Å². The summed E-state index contributed by atoms with van der Waals surface area (Å²) in [6.07, 6.45) is 3.99. The lowest BCUT2D eigenvalue weighted by Gasteiger charge is -2.39. The summed E-state index contributed by atoms with van der Waals surface area (Å²) in [6.45, 7) is 5.75. The Kier molecular flexibility index (Phi) is 6.00. The number of hydrogen-bond acceptors (Lipinski definition) is 9. The second-order valence-corrected chi connectivity index (χ2v) is 9.35. The number of nitrogens with one attached hydrogen (secondary N) is 2. The van der Waals surface area contributed by atoms with Crippen LogP contribution in [-0.2, 0) is 13.1 Å². The van der Waals surface area contributed by atoms with E-state index in [0.29, 0.717) is 47.6 Å². The normalized spacial score (nSPS) is 19.3. The Labute approximate surface area is 198 Å². The first-order valence-corrected chi connectivity index (χ1v) is 11.8. The molecule has 176 valence electrons. The van der Waals surface area contributed by atoms with Crippen LogP contribution in [0.15, 0.2) is 18.3 Å². The number of anilines is 4. The molecular formula is C22H31ClN10. The highest BCUT2D eigenvalue weighted by Gasteiger charge is 2.26. The first-order valence-electron chi connectivity index (χ1n) is 11.4. The van der Waals surface area contributed by atoms with E-state index < -0.39 is 0 Å². The van der Waals surface area contributed by atoms with E-state index in [0.717, 1.165) is 55.1 Å². The van der Waals surface area contributed by atoms with Gasteiger partial charge in [-0.3, -0.25) is 0 Å². The molecule has 1 aliphatic carbocycles. The van der Waals surface area contributed by atoms with Crippen molar-refractivity contribution < 1.29 is 0 Å². The Morgan fingerprint density at radius 2 is 2.00 bits per heavy atom. The number of fused-ring (bicyclic) bond motifs is 1. The highest BCUT2D eigenvalue weighted by atomic mass is 35.5. The average molecular weight is 471 g/mol. The van der Waals surface area contributed by atoms with Gasteiger partial charge in [-0.25, -0.2) is 9.50 Å². The largest absolute Gasteiger partial charge is 0.367 e. The van der Waals surface area contributed by atoms with Crippen LogP contribution in [-0.4, -0.2) is 63.2 Å². The zero-order valence-electron chi connectivity index (χ0n) is 19.1. The summed E-state index contributed by atoms with van der Waals surface area (Å²) in [6, 6.07) is 4.90. The Morgan fingerprint density at radius 1 is 1.18 bits per heavy atom. The summed E-state index contributed by atoms with van der Waals surface area (Å²) >= 11 is 6.93. The number of imidazole rings is 1. The summed E-state index contributed by atoms with van der Waals surface area (Å²) < 4.78 is 1.74. The van der Waals surface area contributed by atoms with Crippen LogP contribution in [0.3, 0.4) is 0 Å². The van der Waals surface area contributed by atoms with Gasteiger partial charge in [0.2, 0.25) is 5.95 Å². The molecule has 0 radical (unpaired) electrons. The molecule has 33 heavy (non-hydrogen) atoms. The molecule has 1 atom stereocenters. The summed E-state index contributed by atoms with van der Waals surface area (Å²) in [5.41, 5.74) is 16.1. The molecule has 0 amide bonds. The molecule has 0 bridgehead atoms. The van der Waals surface area contributed by atoms with Crippen LogP contribution in [0.5, 0.6) is 0 Å². The maximum atomic E-state index is 6.93. The van der Waals surface area contributed by atoms with Gasteiger partial charge in [-0.2, -0.15) is 4.98 Å². The molecule has 1 saturated carbocycles. The maximum absolute atomic E-state index is 6.93. The summed E-state index contributed by atoms with van der Waals surface area (Å²) in [5.74, 6) is 1.11. The standard InChI is InChI=1S/C22H31ClN10/c1-13-12-32(6-5-31(13)2)18-8-14(9-24)7-17(19(18)23)28-22-29-20(27-15-3-4-15)21-26-11-16(10-25)33(21)30-22/h7-8,11,13,15H,3-6,9-10,12,24-25H2,1-2H3,(H2,27,28,29,30). The molecule has 0 spiro atoms. The molecule has 2 aliphatic rings. The van der Waals surface area contributed by atoms with Crippen LogP contribution in [0, 0.1) is 0 Å². The molecule has 11 heteroatoms. The predicted molar refractivity (Wildman–Crippen MR) is 132 cm³/mol. The first kappa shape index (κ1) is 22.1. The van der Waals surface area contributed by atoms with Gasteiger partial charge in [0.1, 0.15) is 0 Å². The molecule has 2 aromatic heterocycles. The fourth-order valence-corrected chi connectivity index (χ4v) is 4.41. The van der Waals surface area contributed by atoms with Gasteiger partial charge in [-0.1, -0.05) is 11.6 Å². The minimum Gasteiger partial charge on any atom is -0.367 e. The van der Waals surface area contributed by atoms with E-state index in [9.17, 15) is 0 Å². The molecule has 6 N–H and O–H groups in total. The van der Waals surface area contributed by atoms with Crippen LogP contribution in [0.4, 0.5) is 23.1 Å². The third-order valence-electron chi connectivity index (χ3n) is 6.46. The predicted octanol–water partition coefficient (Wildman–Crippen LogP) is 2.15. The van der Waals surface area contributed by atoms with Gasteiger partial charge < -0.3 is 31.9 Å². The quantitative estimate of drug-likeness (QED) is 0.410. The van der Waals surface area contributed by atoms with Gasteiger partial charge in [0.05, 0.1) is 28.3 Å². The first-order chi connectivity index (χ1) is 16.0. The monoisotopic (exact) mass is 470 g/mol. The Bertz CT molecular complexity index is 1160. The number of hydrogen-bond donors (Lipinski definition) is 4. The lowest BCUT2D eigenvalue weighted by atomic mass is 10.1. The van der Waals surface area contributed by atoms with E-state index >= 15 is 0 Å². The van der Waals surface area contributed by atoms with Crippen LogP contribution >= 0.6 is 11.6 Å². The van der Waals surface area contributed by atoms with Crippen molar-refractivity contribution in [3.63, 3.8) is 0 Å². The van der Waals surface area contributed by atoms with Gasteiger partial charge in [0.25, 0.3) is 0 Å². The number of benzene rings is 1. The minimum atomic E-state index is 0.329. The minimum absolute atomic E-state index is 0.329. The highest BCUT2D eigenvalue weighted by molar-refractivity contribution is 6.36. The zero-order chi connectivity index (χ0) is 23.1. The number of nitrogens with two attached hydrogens (primary N) is 2. The third-order valence-corrected chi connectivity index (χ3v) is 6.85. The number of nitrogens with zero attached hydrogens (tertiary/aromatic N) is 6. The van der Waals surface area contributed by atoms with Crippen molar-refractivity contribution in [2.24, 2.45) is 11.5 Å². The van der Waals surface area contributed by atoms with Crippen molar-refractivity contribution in [2.75, 3.05) is 42.2 Å². The fraction of sp³-hybridized carbons (Fsp3) is 0.500. The Hall–Kier alpha value is -2.66. The van der Waals surface area contributed by atoms with Crippen molar-refractivity contribution in [1.29, 1.82) is 0 Å². The van der Waals surface area contributed by atoms with E-state index in [1.807, 2.05) is 6.07 Å². The SMILES string of the molecule is CC1CN(c2cc(CN)cc(Nc3nc(NC4CC4)c4ncc(CN)n4n3)c2Cl)CCN1C. The smallest absolute Gasteiger partial charge is 0.247 e. The lowest BCUT2D eigenvalue weighted by molar-refractivity contribution is 0.234. The molecule has 1 aromatic carbocycles. The maximum Gasteiger partial charge on any atom is 0.247 e. The molecule has 3 heterocycles. The lowest BCUT2D eigenvalue weighted by Crippen LogP contribution is -2.50. The van der Waals surface area contributed by atoms with Gasteiger partial charge in [0.15, 0.2) is 11.5 Å². The van der Waals surface area contributed by atoms with E-state index in [2.05, 4.69) is 50.6 Å². The van der Waals surface area contributed by atoms with E-state index in [1.165, 1.54) is 0 Å². The van der Waals surface area contributed by atoms with Crippen molar-refractivity contribution in [3.05, 3.63) is 34.6 Å². The average Bonchev–Trinajstić information content (AvgIpc) is 3.53. The molecular weight excluding hydrogens is 440 g/mol. The third kappa shape index (κ3) is 4.43. The second kappa shape index (κ2) is 8.94. The van der Waals surface area contributed by atoms with Crippen molar-refractivity contribution in [2.45, 2.75) is 44.9 Å². The number of rotatable bonds is 7. The van der Waals surface area contributed by atoms with Gasteiger partial charge >= 0.3 is 0 Å². The molecule has 1 aliphatic heterocycles. The highest BCUT2D eigenvalue weighted by Crippen LogP contribution is 2.37. The number of likely N-dealkylation sites (N-methyl/N-ethyl adjacent to an activating group) is 1. The van der Waals surface area contributed by atoms with Crippen LogP contribution < -0.4 is 27.0 Å². The zero-order valence-corrected chi connectivity index (χ0v) is 19.8. The summed E-state index contributed by atoms with van der Waals surface area (Å²) in [4.78, 5) is 13.9. The van der Waals surface area contributed by atoms with E-state index in [1.54, 1.807) is 10.7 Å². The van der Waals surface area contributed by atoms with Gasteiger partial charge in [-0.15, -0.1) is 5.10 Å². The summed E-state index contributed by atoms with van der Waals surface area (Å²) in [7, 11) is 2.15. The van der Waals surface area contributed by atoms with Gasteiger partial charge in [0, 0.05) is 44.8 Å².